The van der Waals surface area contributed by atoms with Crippen LogP contribution < -0.4 is 4.90 Å². The fourth-order valence-electron chi connectivity index (χ4n) is 4.85. The summed E-state index contributed by atoms with van der Waals surface area (Å²) in [5.74, 6) is 8.48. The van der Waals surface area contributed by atoms with Crippen molar-refractivity contribution in [3.8, 4) is 11.8 Å². The van der Waals surface area contributed by atoms with Gasteiger partial charge in [-0.05, 0) is 62.4 Å². The third kappa shape index (κ3) is 4.38. The fraction of sp³-hybridized carbons (Fsp3) is 0.481. The second-order valence-electron chi connectivity index (χ2n) is 8.87. The van der Waals surface area contributed by atoms with Gasteiger partial charge in [0.05, 0.1) is 24.1 Å². The number of imidazole rings is 1. The summed E-state index contributed by atoms with van der Waals surface area (Å²) >= 11 is 0. The number of aryl methyl sites for hydroxylation is 2. The number of anilines is 2. The summed E-state index contributed by atoms with van der Waals surface area (Å²) in [7, 11) is 4.11. The number of aromatic nitrogens is 3. The molecule has 1 saturated heterocycles. The van der Waals surface area contributed by atoms with E-state index in [1.807, 2.05) is 31.1 Å². The lowest BCUT2D eigenvalue weighted by atomic mass is 9.92. The van der Waals surface area contributed by atoms with E-state index >= 15 is 0 Å². The Hall–Kier alpha value is -2.84. The van der Waals surface area contributed by atoms with Gasteiger partial charge in [-0.25, -0.2) is 9.97 Å². The van der Waals surface area contributed by atoms with Gasteiger partial charge in [-0.2, -0.15) is 0 Å². The van der Waals surface area contributed by atoms with Crippen molar-refractivity contribution in [1.82, 2.24) is 19.4 Å². The van der Waals surface area contributed by atoms with Crippen molar-refractivity contribution in [2.75, 3.05) is 25.0 Å². The molecule has 5 heteroatoms. The maximum absolute atomic E-state index is 4.67. The minimum absolute atomic E-state index is 0.173. The van der Waals surface area contributed by atoms with Crippen LogP contribution in [0.25, 0.3) is 11.0 Å². The van der Waals surface area contributed by atoms with Crippen LogP contribution in [0, 0.1) is 17.8 Å². The minimum atomic E-state index is 0.173. The maximum Gasteiger partial charge on any atom is 0.134 e. The number of likely N-dealkylation sites (tertiary alicyclic amines) is 1. The Labute approximate surface area is 192 Å². The second kappa shape index (κ2) is 9.75. The van der Waals surface area contributed by atoms with Gasteiger partial charge in [0.15, 0.2) is 0 Å². The van der Waals surface area contributed by atoms with Gasteiger partial charge in [0.1, 0.15) is 11.3 Å². The van der Waals surface area contributed by atoms with Crippen LogP contribution in [0.15, 0.2) is 36.8 Å². The van der Waals surface area contributed by atoms with E-state index in [0.29, 0.717) is 0 Å². The van der Waals surface area contributed by atoms with Crippen LogP contribution in [0.3, 0.4) is 0 Å². The summed E-state index contributed by atoms with van der Waals surface area (Å²) in [5.41, 5.74) is 5.83. The number of piperidine rings is 1. The smallest absolute Gasteiger partial charge is 0.134 e. The van der Waals surface area contributed by atoms with Crippen molar-refractivity contribution in [2.45, 2.75) is 52.5 Å². The lowest BCUT2D eigenvalue weighted by Crippen LogP contribution is -2.36. The van der Waals surface area contributed by atoms with Crippen molar-refractivity contribution >= 4 is 22.5 Å². The molecule has 1 aliphatic heterocycles. The van der Waals surface area contributed by atoms with E-state index in [0.717, 1.165) is 42.3 Å². The SMILES string of the molecule is CC#CC(c1ccc(N(C)c2cc3c(cn2)ncn3C)c(CC)c1)N1CCC(CC)CC1. The van der Waals surface area contributed by atoms with E-state index in [1.165, 1.54) is 36.1 Å². The number of rotatable bonds is 6. The Morgan fingerprint density at radius 2 is 1.94 bits per heavy atom. The van der Waals surface area contributed by atoms with Gasteiger partial charge in [0.25, 0.3) is 0 Å². The zero-order valence-corrected chi connectivity index (χ0v) is 20.1. The molecule has 1 unspecified atom stereocenters. The first-order chi connectivity index (χ1) is 15.5. The molecule has 168 valence electrons. The molecule has 0 amide bonds. The average Bonchev–Trinajstić information content (AvgIpc) is 3.21. The quantitative estimate of drug-likeness (QED) is 0.486. The molecule has 32 heavy (non-hydrogen) atoms. The number of benzene rings is 1. The number of fused-ring (bicyclic) bond motifs is 1. The summed E-state index contributed by atoms with van der Waals surface area (Å²) in [4.78, 5) is 13.8. The lowest BCUT2D eigenvalue weighted by molar-refractivity contribution is 0.157. The Bertz CT molecular complexity index is 1130. The molecular formula is C27H35N5. The van der Waals surface area contributed by atoms with E-state index in [-0.39, 0.29) is 6.04 Å². The van der Waals surface area contributed by atoms with Gasteiger partial charge in [-0.15, -0.1) is 5.92 Å². The third-order valence-corrected chi connectivity index (χ3v) is 6.98. The largest absolute Gasteiger partial charge is 0.334 e. The van der Waals surface area contributed by atoms with Crippen molar-refractivity contribution in [3.63, 3.8) is 0 Å². The molecule has 1 aliphatic rings. The molecular weight excluding hydrogens is 394 g/mol. The summed E-state index contributed by atoms with van der Waals surface area (Å²) in [5, 5.41) is 0. The topological polar surface area (TPSA) is 37.2 Å². The Morgan fingerprint density at radius 1 is 1.16 bits per heavy atom. The summed E-state index contributed by atoms with van der Waals surface area (Å²) < 4.78 is 2.04. The molecule has 4 rings (SSSR count). The third-order valence-electron chi connectivity index (χ3n) is 6.98. The maximum atomic E-state index is 4.67. The number of nitrogens with zero attached hydrogens (tertiary/aromatic N) is 5. The summed E-state index contributed by atoms with van der Waals surface area (Å²) in [6, 6.07) is 9.14. The molecule has 0 aliphatic carbocycles. The van der Waals surface area contributed by atoms with Crippen LogP contribution in [-0.2, 0) is 13.5 Å². The second-order valence-corrected chi connectivity index (χ2v) is 8.87. The highest BCUT2D eigenvalue weighted by molar-refractivity contribution is 5.79. The van der Waals surface area contributed by atoms with Gasteiger partial charge in [0, 0.05) is 25.8 Å². The first-order valence-corrected chi connectivity index (χ1v) is 11.9. The molecule has 0 radical (unpaired) electrons. The van der Waals surface area contributed by atoms with Crippen LogP contribution in [0.4, 0.5) is 11.5 Å². The van der Waals surface area contributed by atoms with E-state index in [4.69, 9.17) is 0 Å². The fourth-order valence-corrected chi connectivity index (χ4v) is 4.85. The molecule has 0 bridgehead atoms. The van der Waals surface area contributed by atoms with Crippen LogP contribution in [0.5, 0.6) is 0 Å². The molecule has 3 aromatic rings. The van der Waals surface area contributed by atoms with Gasteiger partial charge in [-0.3, -0.25) is 4.90 Å². The van der Waals surface area contributed by atoms with Crippen LogP contribution >= 0.6 is 0 Å². The predicted octanol–water partition coefficient (Wildman–Crippen LogP) is 5.49. The molecule has 0 spiro atoms. The van der Waals surface area contributed by atoms with E-state index in [1.54, 1.807) is 0 Å². The van der Waals surface area contributed by atoms with Gasteiger partial charge >= 0.3 is 0 Å². The first kappa shape index (κ1) is 22.4. The first-order valence-electron chi connectivity index (χ1n) is 11.9. The minimum Gasteiger partial charge on any atom is -0.334 e. The molecule has 0 saturated carbocycles. The van der Waals surface area contributed by atoms with Crippen molar-refractivity contribution in [3.05, 3.63) is 47.9 Å². The van der Waals surface area contributed by atoms with Crippen LogP contribution in [0.1, 0.15) is 57.2 Å². The molecule has 5 nitrogen and oxygen atoms in total. The average molecular weight is 430 g/mol. The molecule has 2 aromatic heterocycles. The van der Waals surface area contributed by atoms with E-state index in [9.17, 15) is 0 Å². The zero-order chi connectivity index (χ0) is 22.7. The Morgan fingerprint density at radius 3 is 2.62 bits per heavy atom. The zero-order valence-electron chi connectivity index (χ0n) is 20.1. The molecule has 1 fully saturated rings. The summed E-state index contributed by atoms with van der Waals surface area (Å²) in [6.45, 7) is 8.76. The van der Waals surface area contributed by atoms with Crippen molar-refractivity contribution in [2.24, 2.45) is 13.0 Å². The Balaban J connectivity index is 1.63. The number of hydrogen-bond donors (Lipinski definition) is 0. The molecule has 1 atom stereocenters. The van der Waals surface area contributed by atoms with E-state index in [2.05, 4.69) is 76.8 Å². The number of hydrogen-bond acceptors (Lipinski definition) is 4. The molecule has 3 heterocycles. The van der Waals surface area contributed by atoms with Crippen molar-refractivity contribution < 1.29 is 0 Å². The van der Waals surface area contributed by atoms with Gasteiger partial charge in [-0.1, -0.05) is 38.3 Å². The highest BCUT2D eigenvalue weighted by atomic mass is 15.2. The van der Waals surface area contributed by atoms with Gasteiger partial charge < -0.3 is 9.47 Å². The normalized spacial score (nSPS) is 16.0. The van der Waals surface area contributed by atoms with E-state index < -0.39 is 0 Å². The highest BCUT2D eigenvalue weighted by Gasteiger charge is 2.25. The highest BCUT2D eigenvalue weighted by Crippen LogP contribution is 2.33. The number of pyridine rings is 1. The van der Waals surface area contributed by atoms with Gasteiger partial charge in [0.2, 0.25) is 0 Å². The molecule has 0 N–H and O–H groups in total. The summed E-state index contributed by atoms with van der Waals surface area (Å²) in [6.07, 6.45) is 8.50. The van der Waals surface area contributed by atoms with Crippen LogP contribution in [-0.4, -0.2) is 39.6 Å². The predicted molar refractivity (Wildman–Crippen MR) is 133 cm³/mol. The van der Waals surface area contributed by atoms with Crippen LogP contribution in [0.2, 0.25) is 0 Å². The molecule has 1 aromatic carbocycles. The monoisotopic (exact) mass is 429 g/mol. The standard InChI is InChI=1S/C27H35N5/c1-6-9-25(32-14-12-20(7-2)13-15-32)22-10-11-24(21(8-3)16-22)31(5)27-17-26-23(18-28-27)29-19-30(26)4/h10-11,16-20,25H,7-8,12-15H2,1-5H3. The Kier molecular flexibility index (Phi) is 6.81. The lowest BCUT2D eigenvalue weighted by Gasteiger charge is -2.35. The van der Waals surface area contributed by atoms with Crippen molar-refractivity contribution in [1.29, 1.82) is 0 Å².